The second kappa shape index (κ2) is 4.16. The molecule has 0 aromatic carbocycles. The van der Waals surface area contributed by atoms with Crippen LogP contribution in [0.2, 0.25) is 0 Å². The van der Waals surface area contributed by atoms with Crippen LogP contribution in [-0.4, -0.2) is 12.8 Å². The highest BCUT2D eigenvalue weighted by molar-refractivity contribution is 5.75. The van der Waals surface area contributed by atoms with Crippen molar-refractivity contribution < 1.29 is 0 Å². The van der Waals surface area contributed by atoms with Crippen LogP contribution in [-0.2, 0) is 0 Å². The van der Waals surface area contributed by atoms with Gasteiger partial charge in [-0.25, -0.2) is 0 Å². The van der Waals surface area contributed by atoms with Crippen molar-refractivity contribution in [3.63, 3.8) is 0 Å². The first-order valence-electron chi connectivity index (χ1n) is 4.29. The molecule has 0 saturated heterocycles. The van der Waals surface area contributed by atoms with Gasteiger partial charge in [0.2, 0.25) is 0 Å². The second-order valence-corrected chi connectivity index (χ2v) is 3.07. The molecule has 0 bridgehead atoms. The van der Waals surface area contributed by atoms with Crippen LogP contribution in [0.25, 0.3) is 0 Å². The van der Waals surface area contributed by atoms with E-state index >= 15 is 0 Å². The van der Waals surface area contributed by atoms with Gasteiger partial charge in [0, 0.05) is 19.0 Å². The molecule has 0 unspecified atom stereocenters. The third-order valence-corrected chi connectivity index (χ3v) is 1.98. The molecule has 62 valence electrons. The third-order valence-electron chi connectivity index (χ3n) is 1.98. The molecule has 11 heavy (non-hydrogen) atoms. The molecule has 1 fully saturated rings. The molecule has 1 aliphatic rings. The van der Waals surface area contributed by atoms with Gasteiger partial charge in [0.15, 0.2) is 0 Å². The summed E-state index contributed by atoms with van der Waals surface area (Å²) in [6.45, 7) is 3.16. The Bertz CT molecular complexity index is 157. The summed E-state index contributed by atoms with van der Waals surface area (Å²) < 4.78 is 0. The topological polar surface area (TPSA) is 35.9 Å². The minimum atomic E-state index is 0.912. The van der Waals surface area contributed by atoms with E-state index in [0.29, 0.717) is 0 Å². The molecule has 0 amide bonds. The Morgan fingerprint density at radius 1 is 1.64 bits per heavy atom. The number of hydrogen-bond donors (Lipinski definition) is 2. The average molecular weight is 152 g/mol. The normalized spacial score (nSPS) is 18.1. The van der Waals surface area contributed by atoms with E-state index in [2.05, 4.69) is 12.2 Å². The van der Waals surface area contributed by atoms with E-state index in [1.165, 1.54) is 19.1 Å². The monoisotopic (exact) mass is 152 g/mol. The third kappa shape index (κ3) is 3.21. The Kier molecular flexibility index (Phi) is 3.14. The van der Waals surface area contributed by atoms with Crippen molar-refractivity contribution >= 4 is 6.21 Å². The lowest BCUT2D eigenvalue weighted by molar-refractivity contribution is 0.743. The molecule has 1 aliphatic carbocycles. The van der Waals surface area contributed by atoms with Gasteiger partial charge in [-0.15, -0.1) is 0 Å². The zero-order valence-corrected chi connectivity index (χ0v) is 7.06. The maximum Gasteiger partial charge on any atom is 0.0224 e. The van der Waals surface area contributed by atoms with Gasteiger partial charge in [-0.3, -0.25) is 0 Å². The van der Waals surface area contributed by atoms with Crippen LogP contribution in [0.15, 0.2) is 11.8 Å². The molecular formula is C9H16N2. The molecule has 2 N–H and O–H groups in total. The summed E-state index contributed by atoms with van der Waals surface area (Å²) in [4.78, 5) is 0. The SMILES string of the molecule is CC/C(C=N)=C/NCC1CC1. The van der Waals surface area contributed by atoms with Crippen LogP contribution in [0.3, 0.4) is 0 Å². The maximum absolute atomic E-state index is 7.03. The predicted molar refractivity (Wildman–Crippen MR) is 47.9 cm³/mol. The van der Waals surface area contributed by atoms with Crippen LogP contribution in [0.4, 0.5) is 0 Å². The highest BCUT2D eigenvalue weighted by atomic mass is 14.8. The second-order valence-electron chi connectivity index (χ2n) is 3.07. The van der Waals surface area contributed by atoms with Gasteiger partial charge in [0.25, 0.3) is 0 Å². The first-order chi connectivity index (χ1) is 5.36. The standard InChI is InChI=1S/C9H16N2/c1-2-8(5-10)6-11-7-9-3-4-9/h5-6,9-11H,2-4,7H2,1H3/b8-6-,10-5?. The zero-order chi connectivity index (χ0) is 8.10. The molecular weight excluding hydrogens is 136 g/mol. The lowest BCUT2D eigenvalue weighted by Crippen LogP contribution is -2.09. The minimum Gasteiger partial charge on any atom is -0.390 e. The van der Waals surface area contributed by atoms with Crippen molar-refractivity contribution in [3.8, 4) is 0 Å². The lowest BCUT2D eigenvalue weighted by Gasteiger charge is -1.99. The molecule has 0 atom stereocenters. The van der Waals surface area contributed by atoms with Crippen LogP contribution in [0.5, 0.6) is 0 Å². The van der Waals surface area contributed by atoms with E-state index in [0.717, 1.165) is 24.5 Å². The fourth-order valence-corrected chi connectivity index (χ4v) is 0.924. The van der Waals surface area contributed by atoms with Gasteiger partial charge in [0.05, 0.1) is 0 Å². The van der Waals surface area contributed by atoms with Crippen molar-refractivity contribution in [3.05, 3.63) is 11.8 Å². The molecule has 1 rings (SSSR count). The quantitative estimate of drug-likeness (QED) is 0.580. The maximum atomic E-state index is 7.03. The first-order valence-corrected chi connectivity index (χ1v) is 4.29. The molecule has 0 heterocycles. The number of allylic oxidation sites excluding steroid dienone is 1. The zero-order valence-electron chi connectivity index (χ0n) is 7.06. The van der Waals surface area contributed by atoms with Gasteiger partial charge in [0.1, 0.15) is 0 Å². The van der Waals surface area contributed by atoms with Crippen LogP contribution >= 0.6 is 0 Å². The van der Waals surface area contributed by atoms with Crippen molar-refractivity contribution in [2.24, 2.45) is 5.92 Å². The number of rotatable bonds is 5. The average Bonchev–Trinajstić information content (AvgIpc) is 2.82. The van der Waals surface area contributed by atoms with Crippen LogP contribution < -0.4 is 5.32 Å². The Morgan fingerprint density at radius 3 is 2.82 bits per heavy atom. The summed E-state index contributed by atoms with van der Waals surface area (Å²) in [5, 5.41) is 10.3. The fraction of sp³-hybridized carbons (Fsp3) is 0.667. The Labute approximate surface area is 68.2 Å². The summed E-state index contributed by atoms with van der Waals surface area (Å²) in [6, 6.07) is 0. The molecule has 1 saturated carbocycles. The van der Waals surface area contributed by atoms with Crippen LogP contribution in [0, 0.1) is 11.3 Å². The largest absolute Gasteiger partial charge is 0.390 e. The predicted octanol–water partition coefficient (Wildman–Crippen LogP) is 1.93. The summed E-state index contributed by atoms with van der Waals surface area (Å²) in [5.74, 6) is 0.912. The van der Waals surface area contributed by atoms with Gasteiger partial charge >= 0.3 is 0 Å². The Morgan fingerprint density at radius 2 is 2.36 bits per heavy atom. The molecule has 2 heteroatoms. The van der Waals surface area contributed by atoms with E-state index < -0.39 is 0 Å². The lowest BCUT2D eigenvalue weighted by atomic mass is 10.2. The van der Waals surface area contributed by atoms with Crippen molar-refractivity contribution in [1.29, 1.82) is 5.41 Å². The van der Waals surface area contributed by atoms with Crippen LogP contribution in [0.1, 0.15) is 26.2 Å². The van der Waals surface area contributed by atoms with E-state index in [1.807, 2.05) is 6.20 Å². The van der Waals surface area contributed by atoms with E-state index in [4.69, 9.17) is 5.41 Å². The smallest absolute Gasteiger partial charge is 0.0224 e. The highest BCUT2D eigenvalue weighted by Gasteiger charge is 2.19. The van der Waals surface area contributed by atoms with Crippen molar-refractivity contribution in [2.45, 2.75) is 26.2 Å². The summed E-state index contributed by atoms with van der Waals surface area (Å²) in [7, 11) is 0. The molecule has 0 spiro atoms. The van der Waals surface area contributed by atoms with E-state index in [-0.39, 0.29) is 0 Å². The fourth-order valence-electron chi connectivity index (χ4n) is 0.924. The summed E-state index contributed by atoms with van der Waals surface area (Å²) in [6.07, 6.45) is 7.09. The number of hydrogen-bond acceptors (Lipinski definition) is 2. The van der Waals surface area contributed by atoms with Crippen molar-refractivity contribution in [2.75, 3.05) is 6.54 Å². The van der Waals surface area contributed by atoms with E-state index in [1.54, 1.807) is 0 Å². The van der Waals surface area contributed by atoms with Gasteiger partial charge in [-0.05, 0) is 30.8 Å². The summed E-state index contributed by atoms with van der Waals surface area (Å²) >= 11 is 0. The van der Waals surface area contributed by atoms with E-state index in [9.17, 15) is 0 Å². The van der Waals surface area contributed by atoms with Gasteiger partial charge in [-0.1, -0.05) is 6.92 Å². The summed E-state index contributed by atoms with van der Waals surface area (Å²) in [5.41, 5.74) is 1.07. The highest BCUT2D eigenvalue weighted by Crippen LogP contribution is 2.27. The molecule has 0 aliphatic heterocycles. The van der Waals surface area contributed by atoms with Gasteiger partial charge in [-0.2, -0.15) is 0 Å². The molecule has 0 aromatic rings. The Balaban J connectivity index is 2.13. The Hall–Kier alpha value is -0.790. The molecule has 0 radical (unpaired) electrons. The minimum absolute atomic E-state index is 0.912. The molecule has 0 aromatic heterocycles. The van der Waals surface area contributed by atoms with Crippen molar-refractivity contribution in [1.82, 2.24) is 5.32 Å². The number of nitrogens with one attached hydrogen (secondary N) is 2. The molecule has 2 nitrogen and oxygen atoms in total. The first kappa shape index (κ1) is 8.31. The van der Waals surface area contributed by atoms with Gasteiger partial charge < -0.3 is 10.7 Å².